The summed E-state index contributed by atoms with van der Waals surface area (Å²) in [4.78, 5) is 2.43. The maximum atomic E-state index is 10.4. The summed E-state index contributed by atoms with van der Waals surface area (Å²) in [5.41, 5.74) is 3.61. The quantitative estimate of drug-likeness (QED) is 0.696. The van der Waals surface area contributed by atoms with Crippen molar-refractivity contribution in [3.8, 4) is 0 Å². The number of hydrogen-bond donors (Lipinski definition) is 2. The molecule has 0 heterocycles. The Balaban J connectivity index is 1.71. The van der Waals surface area contributed by atoms with Gasteiger partial charge in [-0.25, -0.2) is 0 Å². The molecule has 0 aromatic heterocycles. The molecule has 168 valence electrons. The molecule has 4 aliphatic carbocycles. The van der Waals surface area contributed by atoms with E-state index in [-0.39, 0.29) is 18.1 Å². The van der Waals surface area contributed by atoms with E-state index in [1.165, 1.54) is 37.7 Å². The number of nitrogens with zero attached hydrogens (tertiary/aromatic N) is 1. The molecule has 2 N–H and O–H groups in total. The second-order valence-electron chi connectivity index (χ2n) is 11.7. The third-order valence-electron chi connectivity index (χ3n) is 10.5. The molecule has 0 spiro atoms. The molecule has 0 aliphatic heterocycles. The lowest BCUT2D eigenvalue weighted by Crippen LogP contribution is -2.50. The third-order valence-corrected chi connectivity index (χ3v) is 10.5. The van der Waals surface area contributed by atoms with Gasteiger partial charge in [0.15, 0.2) is 0 Å². The Labute approximate surface area is 184 Å². The molecule has 30 heavy (non-hydrogen) atoms. The van der Waals surface area contributed by atoms with Crippen LogP contribution in [-0.2, 0) is 0 Å². The zero-order chi connectivity index (χ0) is 21.9. The zero-order valence-corrected chi connectivity index (χ0v) is 20.3. The highest BCUT2D eigenvalue weighted by atomic mass is 16.3. The lowest BCUT2D eigenvalue weighted by Gasteiger charge is -2.54. The summed E-state index contributed by atoms with van der Waals surface area (Å²) in [6, 6.07) is 0.854. The summed E-state index contributed by atoms with van der Waals surface area (Å²) in [5, 5.41) is 13.9. The molecule has 4 rings (SSSR count). The molecule has 0 aromatic carbocycles. The summed E-state index contributed by atoms with van der Waals surface area (Å²) in [7, 11) is 6.51. The van der Waals surface area contributed by atoms with Gasteiger partial charge in [0, 0.05) is 17.5 Å². The van der Waals surface area contributed by atoms with Crippen molar-refractivity contribution in [1.82, 2.24) is 10.2 Å². The first-order valence-electron chi connectivity index (χ1n) is 12.2. The van der Waals surface area contributed by atoms with Crippen LogP contribution in [0.5, 0.6) is 0 Å². The van der Waals surface area contributed by atoms with Crippen molar-refractivity contribution < 1.29 is 5.11 Å². The highest BCUT2D eigenvalue weighted by Gasteiger charge is 2.60. The van der Waals surface area contributed by atoms with Crippen LogP contribution in [0, 0.1) is 34.0 Å². The normalized spacial score (nSPS) is 46.4. The summed E-state index contributed by atoms with van der Waals surface area (Å²) >= 11 is 0. The highest BCUT2D eigenvalue weighted by Crippen LogP contribution is 2.68. The fourth-order valence-electron chi connectivity index (χ4n) is 8.00. The molecule has 4 aliphatic rings. The van der Waals surface area contributed by atoms with Crippen molar-refractivity contribution in [2.45, 2.75) is 71.9 Å². The van der Waals surface area contributed by atoms with E-state index in [9.17, 15) is 5.11 Å². The average molecular weight is 413 g/mol. The highest BCUT2D eigenvalue weighted by molar-refractivity contribution is 5.42. The molecule has 0 amide bonds. The topological polar surface area (TPSA) is 35.5 Å². The van der Waals surface area contributed by atoms with Crippen LogP contribution in [0.25, 0.3) is 0 Å². The number of likely N-dealkylation sites (N-methyl/N-ethyl adjacent to an activating group) is 1. The minimum atomic E-state index is -0.134. The van der Waals surface area contributed by atoms with E-state index in [1.54, 1.807) is 5.57 Å². The van der Waals surface area contributed by atoms with Gasteiger partial charge in [-0.3, -0.25) is 0 Å². The molecule has 8 unspecified atom stereocenters. The summed E-state index contributed by atoms with van der Waals surface area (Å²) in [6.07, 6.45) is 16.0. The Bertz CT molecular complexity index is 767. The maximum Gasteiger partial charge on any atom is 0.0508 e. The van der Waals surface area contributed by atoms with E-state index in [1.807, 2.05) is 7.05 Å². The Morgan fingerprint density at radius 3 is 2.43 bits per heavy atom. The van der Waals surface area contributed by atoms with Crippen molar-refractivity contribution in [2.24, 2.45) is 34.0 Å². The van der Waals surface area contributed by atoms with Gasteiger partial charge in [0.1, 0.15) is 0 Å². The smallest absolute Gasteiger partial charge is 0.0508 e. The maximum absolute atomic E-state index is 10.4. The molecular weight excluding hydrogens is 368 g/mol. The van der Waals surface area contributed by atoms with Gasteiger partial charge >= 0.3 is 0 Å². The van der Waals surface area contributed by atoms with E-state index in [2.05, 4.69) is 76.3 Å². The summed E-state index contributed by atoms with van der Waals surface area (Å²) in [5.74, 6) is 1.81. The van der Waals surface area contributed by atoms with E-state index in [0.717, 1.165) is 5.92 Å². The van der Waals surface area contributed by atoms with Gasteiger partial charge in [0.25, 0.3) is 0 Å². The second kappa shape index (κ2) is 7.60. The van der Waals surface area contributed by atoms with Crippen molar-refractivity contribution >= 4 is 0 Å². The largest absolute Gasteiger partial charge is 0.396 e. The van der Waals surface area contributed by atoms with Crippen LogP contribution in [0.4, 0.5) is 0 Å². The van der Waals surface area contributed by atoms with E-state index >= 15 is 0 Å². The zero-order valence-electron chi connectivity index (χ0n) is 20.3. The Morgan fingerprint density at radius 1 is 1.10 bits per heavy atom. The van der Waals surface area contributed by atoms with E-state index in [0.29, 0.717) is 28.7 Å². The molecule has 3 heteroatoms. The average Bonchev–Trinajstić information content (AvgIpc) is 2.87. The first-order chi connectivity index (χ1) is 14.1. The predicted octanol–water partition coefficient (Wildman–Crippen LogP) is 4.80. The van der Waals surface area contributed by atoms with Gasteiger partial charge in [-0.2, -0.15) is 0 Å². The summed E-state index contributed by atoms with van der Waals surface area (Å²) < 4.78 is 0. The second-order valence-corrected chi connectivity index (χ2v) is 11.7. The lowest BCUT2D eigenvalue weighted by molar-refractivity contribution is -0.0125. The fraction of sp³-hybridized carbons (Fsp3) is 0.778. The molecule has 1 saturated carbocycles. The standard InChI is InChI=1S/C27H44N2O/c1-18(29(6)7)21-13-15-27(4)23-10-9-22-19(16-20(23)12-14-26(21,27)3)8-11-24(28-5)25(22,2)17-30/h8,11-12,16,18,21-24,28,30H,9-10,13-15,17H2,1-7H3. The Morgan fingerprint density at radius 2 is 1.80 bits per heavy atom. The van der Waals surface area contributed by atoms with Crippen LogP contribution in [0.3, 0.4) is 0 Å². The Hall–Kier alpha value is -0.900. The van der Waals surface area contributed by atoms with Crippen LogP contribution in [0.15, 0.2) is 35.5 Å². The van der Waals surface area contributed by atoms with E-state index < -0.39 is 0 Å². The monoisotopic (exact) mass is 412 g/mol. The summed E-state index contributed by atoms with van der Waals surface area (Å²) in [6.45, 7) is 10.1. The lowest BCUT2D eigenvalue weighted by atomic mass is 9.51. The predicted molar refractivity (Wildman–Crippen MR) is 126 cm³/mol. The number of hydrogen-bond acceptors (Lipinski definition) is 3. The van der Waals surface area contributed by atoms with Crippen molar-refractivity contribution in [3.05, 3.63) is 35.5 Å². The Kier molecular flexibility index (Phi) is 5.65. The minimum Gasteiger partial charge on any atom is -0.396 e. The molecule has 3 nitrogen and oxygen atoms in total. The number of rotatable bonds is 4. The van der Waals surface area contributed by atoms with Crippen molar-refractivity contribution in [2.75, 3.05) is 27.7 Å². The van der Waals surface area contributed by atoms with Crippen LogP contribution in [0.1, 0.15) is 59.8 Å². The van der Waals surface area contributed by atoms with Crippen LogP contribution >= 0.6 is 0 Å². The SMILES string of the molecule is CNC1C=CC2=CC3=CCC4(C)C(C(C)N(C)C)CCC4(C)C3CCC2C1(C)CO. The number of fused-ring (bicyclic) bond motifs is 4. The molecule has 0 saturated heterocycles. The van der Waals surface area contributed by atoms with E-state index in [4.69, 9.17) is 0 Å². The molecular formula is C27H44N2O. The minimum absolute atomic E-state index is 0.134. The van der Waals surface area contributed by atoms with Crippen molar-refractivity contribution in [1.29, 1.82) is 0 Å². The number of aliphatic hydroxyl groups is 1. The van der Waals surface area contributed by atoms with Gasteiger partial charge < -0.3 is 15.3 Å². The van der Waals surface area contributed by atoms with Crippen LogP contribution in [-0.4, -0.2) is 49.8 Å². The number of aliphatic hydroxyl groups excluding tert-OH is 1. The van der Waals surface area contributed by atoms with Crippen LogP contribution in [0.2, 0.25) is 0 Å². The molecule has 8 atom stereocenters. The van der Waals surface area contributed by atoms with Crippen LogP contribution < -0.4 is 5.32 Å². The first-order valence-corrected chi connectivity index (χ1v) is 12.2. The number of nitrogens with one attached hydrogen (secondary N) is 1. The molecule has 0 radical (unpaired) electrons. The molecule has 0 bridgehead atoms. The first kappa shape index (κ1) is 22.3. The third kappa shape index (κ3) is 2.95. The molecule has 0 aromatic rings. The van der Waals surface area contributed by atoms with Crippen molar-refractivity contribution in [3.63, 3.8) is 0 Å². The van der Waals surface area contributed by atoms with Gasteiger partial charge in [-0.05, 0) is 99.9 Å². The molecule has 1 fully saturated rings. The fourth-order valence-corrected chi connectivity index (χ4v) is 8.00. The van der Waals surface area contributed by atoms with Gasteiger partial charge in [-0.1, -0.05) is 45.1 Å². The number of allylic oxidation sites excluding steroid dienone is 5. The van der Waals surface area contributed by atoms with Gasteiger partial charge in [0.05, 0.1) is 6.61 Å². The van der Waals surface area contributed by atoms with Gasteiger partial charge in [-0.15, -0.1) is 0 Å². The van der Waals surface area contributed by atoms with Gasteiger partial charge in [0.2, 0.25) is 0 Å².